The first-order valence-electron chi connectivity index (χ1n) is 9.02. The van der Waals surface area contributed by atoms with Gasteiger partial charge in [0.05, 0.1) is 28.6 Å². The summed E-state index contributed by atoms with van der Waals surface area (Å²) in [5, 5.41) is 8.13. The molecule has 0 atom stereocenters. The van der Waals surface area contributed by atoms with E-state index in [-0.39, 0.29) is 34.9 Å². The van der Waals surface area contributed by atoms with Crippen molar-refractivity contribution in [3.05, 3.63) is 54.1 Å². The van der Waals surface area contributed by atoms with Crippen LogP contribution in [0.1, 0.15) is 24.2 Å². The van der Waals surface area contributed by atoms with E-state index in [2.05, 4.69) is 16.0 Å². The number of para-hydroxylation sites is 2. The summed E-state index contributed by atoms with van der Waals surface area (Å²) in [6.45, 7) is 3.78. The van der Waals surface area contributed by atoms with E-state index in [1.165, 1.54) is 31.4 Å². The first kappa shape index (κ1) is 22.4. The van der Waals surface area contributed by atoms with Gasteiger partial charge in [-0.1, -0.05) is 12.1 Å². The Balaban J connectivity index is 2.12. The number of hydrogen-bond acceptors (Lipinski definition) is 5. The largest absolute Gasteiger partial charge is 0.384 e. The zero-order chi connectivity index (χ0) is 21.4. The van der Waals surface area contributed by atoms with Crippen LogP contribution < -0.4 is 16.0 Å². The number of benzene rings is 2. The number of sulfone groups is 1. The third-order valence-corrected chi connectivity index (χ3v) is 5.57. The van der Waals surface area contributed by atoms with Crippen molar-refractivity contribution in [2.75, 3.05) is 30.1 Å². The lowest BCUT2D eigenvalue weighted by atomic mass is 10.2. The van der Waals surface area contributed by atoms with E-state index >= 15 is 0 Å². The highest BCUT2D eigenvalue weighted by atomic mass is 32.2. The molecule has 0 aliphatic heterocycles. The van der Waals surface area contributed by atoms with Crippen molar-refractivity contribution in [2.45, 2.75) is 24.8 Å². The predicted octanol–water partition coefficient (Wildman–Crippen LogP) is 2.89. The van der Waals surface area contributed by atoms with Gasteiger partial charge >= 0.3 is 6.03 Å². The minimum atomic E-state index is -3.47. The molecule has 0 saturated carbocycles. The molecule has 0 unspecified atom stereocenters. The van der Waals surface area contributed by atoms with Crippen LogP contribution in [0.4, 0.5) is 16.2 Å². The van der Waals surface area contributed by atoms with E-state index in [1.807, 2.05) is 13.8 Å². The summed E-state index contributed by atoms with van der Waals surface area (Å²) in [4.78, 5) is 24.6. The monoisotopic (exact) mass is 419 g/mol. The Bertz CT molecular complexity index is 956. The Labute approximate surface area is 170 Å². The smallest absolute Gasteiger partial charge is 0.319 e. The lowest BCUT2D eigenvalue weighted by Crippen LogP contribution is -2.34. The van der Waals surface area contributed by atoms with Crippen LogP contribution in [-0.4, -0.2) is 45.9 Å². The van der Waals surface area contributed by atoms with Crippen molar-refractivity contribution in [3.63, 3.8) is 0 Å². The highest BCUT2D eigenvalue weighted by molar-refractivity contribution is 7.91. The van der Waals surface area contributed by atoms with Gasteiger partial charge in [0, 0.05) is 18.7 Å². The molecule has 0 fully saturated rings. The molecular formula is C20H25N3O5S. The van der Waals surface area contributed by atoms with E-state index in [9.17, 15) is 18.0 Å². The lowest BCUT2D eigenvalue weighted by Gasteiger charge is -2.14. The predicted molar refractivity (Wildman–Crippen MR) is 112 cm³/mol. The van der Waals surface area contributed by atoms with E-state index in [1.54, 1.807) is 24.3 Å². The second-order valence-electron chi connectivity index (χ2n) is 6.59. The van der Waals surface area contributed by atoms with Crippen molar-refractivity contribution < 1.29 is 22.7 Å². The van der Waals surface area contributed by atoms with E-state index in [0.717, 1.165) is 0 Å². The maximum atomic E-state index is 12.6. The fourth-order valence-corrected chi connectivity index (χ4v) is 3.61. The fraction of sp³-hybridized carbons (Fsp3) is 0.300. The van der Waals surface area contributed by atoms with Gasteiger partial charge < -0.3 is 20.7 Å². The number of rotatable bonds is 8. The van der Waals surface area contributed by atoms with Crippen molar-refractivity contribution in [3.8, 4) is 0 Å². The zero-order valence-corrected chi connectivity index (χ0v) is 17.4. The highest BCUT2D eigenvalue weighted by Crippen LogP contribution is 2.22. The van der Waals surface area contributed by atoms with E-state index < -0.39 is 15.7 Å². The number of ether oxygens (including phenoxy) is 1. The second kappa shape index (κ2) is 10.0. The molecular weight excluding hydrogens is 394 g/mol. The summed E-state index contributed by atoms with van der Waals surface area (Å²) in [5.41, 5.74) is 1.16. The highest BCUT2D eigenvalue weighted by Gasteiger charge is 2.16. The molecule has 0 spiro atoms. The molecule has 0 heterocycles. The maximum Gasteiger partial charge on any atom is 0.319 e. The van der Waals surface area contributed by atoms with E-state index in [0.29, 0.717) is 11.4 Å². The summed E-state index contributed by atoms with van der Waals surface area (Å²) in [6, 6.07) is 12.0. The molecule has 29 heavy (non-hydrogen) atoms. The molecule has 9 heteroatoms. The maximum absolute atomic E-state index is 12.6. The van der Waals surface area contributed by atoms with E-state index in [4.69, 9.17) is 4.74 Å². The Morgan fingerprint density at radius 2 is 1.55 bits per heavy atom. The SMILES string of the molecule is COCCS(=O)(=O)c1ccc(C(=O)Nc2ccccc2NC(=O)NC(C)C)cc1. The normalized spacial score (nSPS) is 11.2. The van der Waals surface area contributed by atoms with Gasteiger partial charge in [-0.15, -0.1) is 0 Å². The van der Waals surface area contributed by atoms with Gasteiger partial charge in [0.2, 0.25) is 0 Å². The summed E-state index contributed by atoms with van der Waals surface area (Å²) in [5.74, 6) is -0.559. The van der Waals surface area contributed by atoms with Gasteiger partial charge in [0.15, 0.2) is 9.84 Å². The van der Waals surface area contributed by atoms with Crippen molar-refractivity contribution in [2.24, 2.45) is 0 Å². The van der Waals surface area contributed by atoms with Crippen LogP contribution in [0.3, 0.4) is 0 Å². The van der Waals surface area contributed by atoms with Crippen LogP contribution in [0.15, 0.2) is 53.4 Å². The molecule has 2 rings (SSSR count). The molecule has 0 radical (unpaired) electrons. The van der Waals surface area contributed by atoms with Crippen LogP contribution in [0.2, 0.25) is 0 Å². The number of carbonyl (C=O) groups is 2. The molecule has 8 nitrogen and oxygen atoms in total. The second-order valence-corrected chi connectivity index (χ2v) is 8.70. The molecule has 2 aromatic rings. The van der Waals surface area contributed by atoms with Gasteiger partial charge in [-0.2, -0.15) is 0 Å². The lowest BCUT2D eigenvalue weighted by molar-refractivity contribution is 0.102. The van der Waals surface area contributed by atoms with Gasteiger partial charge in [-0.05, 0) is 50.2 Å². The zero-order valence-electron chi connectivity index (χ0n) is 16.6. The first-order chi connectivity index (χ1) is 13.7. The van der Waals surface area contributed by atoms with Crippen LogP contribution in [-0.2, 0) is 14.6 Å². The van der Waals surface area contributed by atoms with Gasteiger partial charge in [-0.3, -0.25) is 4.79 Å². The Hall–Kier alpha value is -2.91. The number of hydrogen-bond donors (Lipinski definition) is 3. The van der Waals surface area contributed by atoms with Crippen molar-refractivity contribution >= 4 is 33.2 Å². The minimum absolute atomic E-state index is 0.0320. The number of urea groups is 1. The number of amides is 3. The van der Waals surface area contributed by atoms with Crippen molar-refractivity contribution in [1.82, 2.24) is 5.32 Å². The average molecular weight is 420 g/mol. The Morgan fingerprint density at radius 1 is 0.966 bits per heavy atom. The molecule has 0 saturated heterocycles. The molecule has 0 aromatic heterocycles. The fourth-order valence-electron chi connectivity index (χ4n) is 2.44. The van der Waals surface area contributed by atoms with Gasteiger partial charge in [-0.25, -0.2) is 13.2 Å². The molecule has 156 valence electrons. The first-order valence-corrected chi connectivity index (χ1v) is 10.7. The Kier molecular flexibility index (Phi) is 7.74. The summed E-state index contributed by atoms with van der Waals surface area (Å²) < 4.78 is 29.1. The number of methoxy groups -OCH3 is 1. The third kappa shape index (κ3) is 6.58. The molecule has 0 bridgehead atoms. The summed E-state index contributed by atoms with van der Waals surface area (Å²) in [7, 11) is -2.03. The van der Waals surface area contributed by atoms with Crippen LogP contribution in [0, 0.1) is 0 Å². The number of nitrogens with one attached hydrogen (secondary N) is 3. The van der Waals surface area contributed by atoms with Gasteiger partial charge in [0.25, 0.3) is 5.91 Å². The summed E-state index contributed by atoms with van der Waals surface area (Å²) in [6.07, 6.45) is 0. The van der Waals surface area contributed by atoms with Crippen LogP contribution in [0.25, 0.3) is 0 Å². The summed E-state index contributed by atoms with van der Waals surface area (Å²) >= 11 is 0. The van der Waals surface area contributed by atoms with Crippen LogP contribution >= 0.6 is 0 Å². The molecule has 0 aliphatic carbocycles. The molecule has 3 amide bonds. The molecule has 3 N–H and O–H groups in total. The van der Waals surface area contributed by atoms with Gasteiger partial charge in [0.1, 0.15) is 0 Å². The Morgan fingerprint density at radius 3 is 2.10 bits per heavy atom. The third-order valence-electron chi connectivity index (χ3n) is 3.88. The molecule has 0 aliphatic rings. The number of carbonyl (C=O) groups excluding carboxylic acids is 2. The quantitative estimate of drug-likeness (QED) is 0.609. The topological polar surface area (TPSA) is 114 Å². The molecule has 2 aromatic carbocycles. The average Bonchev–Trinajstić information content (AvgIpc) is 2.67. The van der Waals surface area contributed by atoms with Crippen LogP contribution in [0.5, 0.6) is 0 Å². The number of anilines is 2. The minimum Gasteiger partial charge on any atom is -0.384 e. The van der Waals surface area contributed by atoms with Crippen molar-refractivity contribution in [1.29, 1.82) is 0 Å². The standard InChI is InChI=1S/C20H25N3O5S/c1-14(2)21-20(25)23-18-7-5-4-6-17(18)22-19(24)15-8-10-16(11-9-15)29(26,27)13-12-28-3/h4-11,14H,12-13H2,1-3H3,(H,22,24)(H2,21,23,25).